The van der Waals surface area contributed by atoms with Gasteiger partial charge in [-0.05, 0) is 25.2 Å². The van der Waals surface area contributed by atoms with E-state index in [1.807, 2.05) is 0 Å². The van der Waals surface area contributed by atoms with E-state index in [1.54, 1.807) is 0 Å². The second kappa shape index (κ2) is 4.34. The van der Waals surface area contributed by atoms with Crippen LogP contribution in [-0.4, -0.2) is 24.2 Å². The van der Waals surface area contributed by atoms with Gasteiger partial charge in [-0.15, -0.1) is 0 Å². The molecule has 0 aliphatic heterocycles. The van der Waals surface area contributed by atoms with Gasteiger partial charge in [0.05, 0.1) is 6.10 Å². The molecule has 0 spiro atoms. The predicted molar refractivity (Wildman–Crippen MR) is 42.0 cm³/mol. The standard InChI is InChI=1S/C8H15NO2/c10-6-9-5-7-2-1-3-8(11)4-7/h6-8,11H,1-5H2,(H,9,10). The van der Waals surface area contributed by atoms with E-state index in [1.165, 1.54) is 0 Å². The van der Waals surface area contributed by atoms with Crippen LogP contribution in [0.4, 0.5) is 0 Å². The van der Waals surface area contributed by atoms with Crippen molar-refractivity contribution in [1.82, 2.24) is 5.32 Å². The van der Waals surface area contributed by atoms with Crippen molar-refractivity contribution >= 4 is 6.41 Å². The number of aliphatic hydroxyl groups is 1. The summed E-state index contributed by atoms with van der Waals surface area (Å²) in [5.41, 5.74) is 0. The monoisotopic (exact) mass is 157 g/mol. The minimum Gasteiger partial charge on any atom is -0.393 e. The first-order chi connectivity index (χ1) is 5.33. The Balaban J connectivity index is 2.17. The maximum absolute atomic E-state index is 9.96. The average molecular weight is 157 g/mol. The van der Waals surface area contributed by atoms with Gasteiger partial charge in [-0.1, -0.05) is 6.42 Å². The molecule has 3 nitrogen and oxygen atoms in total. The summed E-state index contributed by atoms with van der Waals surface area (Å²) in [6.07, 6.45) is 4.59. The Bertz CT molecular complexity index is 127. The topological polar surface area (TPSA) is 49.3 Å². The fourth-order valence-electron chi connectivity index (χ4n) is 1.66. The number of carbonyl (C=O) groups excluding carboxylic acids is 1. The van der Waals surface area contributed by atoms with Gasteiger partial charge >= 0.3 is 0 Å². The fourth-order valence-corrected chi connectivity index (χ4v) is 1.66. The van der Waals surface area contributed by atoms with Gasteiger partial charge in [0, 0.05) is 6.54 Å². The summed E-state index contributed by atoms with van der Waals surface area (Å²) in [6.45, 7) is 0.723. The summed E-state index contributed by atoms with van der Waals surface area (Å²) < 4.78 is 0. The highest BCUT2D eigenvalue weighted by atomic mass is 16.3. The smallest absolute Gasteiger partial charge is 0.207 e. The third kappa shape index (κ3) is 2.89. The lowest BCUT2D eigenvalue weighted by atomic mass is 9.87. The van der Waals surface area contributed by atoms with Gasteiger partial charge in [0.15, 0.2) is 0 Å². The summed E-state index contributed by atoms with van der Waals surface area (Å²) >= 11 is 0. The molecule has 3 heteroatoms. The number of carbonyl (C=O) groups is 1. The summed E-state index contributed by atoms with van der Waals surface area (Å²) in [4.78, 5) is 9.96. The number of aliphatic hydroxyl groups excluding tert-OH is 1. The molecule has 0 bridgehead atoms. The molecular weight excluding hydrogens is 142 g/mol. The molecule has 1 amide bonds. The zero-order valence-corrected chi connectivity index (χ0v) is 6.62. The Labute approximate surface area is 66.8 Å². The van der Waals surface area contributed by atoms with Crippen LogP contribution in [0.5, 0.6) is 0 Å². The lowest BCUT2D eigenvalue weighted by Gasteiger charge is -2.25. The molecule has 11 heavy (non-hydrogen) atoms. The summed E-state index contributed by atoms with van der Waals surface area (Å²) in [7, 11) is 0. The zero-order valence-electron chi connectivity index (χ0n) is 6.62. The van der Waals surface area contributed by atoms with E-state index >= 15 is 0 Å². The van der Waals surface area contributed by atoms with E-state index in [-0.39, 0.29) is 6.10 Å². The first-order valence-corrected chi connectivity index (χ1v) is 4.18. The highest BCUT2D eigenvalue weighted by molar-refractivity contribution is 5.45. The van der Waals surface area contributed by atoms with E-state index < -0.39 is 0 Å². The number of rotatable bonds is 3. The zero-order chi connectivity index (χ0) is 8.10. The molecule has 0 radical (unpaired) electrons. The molecule has 1 saturated carbocycles. The number of amides is 1. The number of hydrogen-bond acceptors (Lipinski definition) is 2. The second-order valence-electron chi connectivity index (χ2n) is 3.21. The Morgan fingerprint density at radius 2 is 2.36 bits per heavy atom. The Morgan fingerprint density at radius 3 is 3.00 bits per heavy atom. The van der Waals surface area contributed by atoms with E-state index in [0.29, 0.717) is 5.92 Å². The van der Waals surface area contributed by atoms with E-state index in [4.69, 9.17) is 0 Å². The Hall–Kier alpha value is -0.570. The molecule has 2 N–H and O–H groups in total. The van der Waals surface area contributed by atoms with Crippen LogP contribution in [0, 0.1) is 5.92 Å². The van der Waals surface area contributed by atoms with Gasteiger partial charge in [0.25, 0.3) is 0 Å². The number of nitrogens with one attached hydrogen (secondary N) is 1. The summed E-state index contributed by atoms with van der Waals surface area (Å²) in [6, 6.07) is 0. The summed E-state index contributed by atoms with van der Waals surface area (Å²) in [5, 5.41) is 11.9. The van der Waals surface area contributed by atoms with Crippen molar-refractivity contribution in [2.45, 2.75) is 31.8 Å². The predicted octanol–water partition coefficient (Wildman–Crippen LogP) is 0.283. The normalized spacial score (nSPS) is 31.4. The van der Waals surface area contributed by atoms with Crippen molar-refractivity contribution in [2.75, 3.05) is 6.54 Å². The molecule has 1 fully saturated rings. The Morgan fingerprint density at radius 1 is 1.55 bits per heavy atom. The molecule has 1 aliphatic rings. The van der Waals surface area contributed by atoms with Crippen molar-refractivity contribution in [3.8, 4) is 0 Å². The van der Waals surface area contributed by atoms with Crippen LogP contribution in [-0.2, 0) is 4.79 Å². The van der Waals surface area contributed by atoms with Crippen LogP contribution in [0.3, 0.4) is 0 Å². The first kappa shape index (κ1) is 8.53. The highest BCUT2D eigenvalue weighted by Crippen LogP contribution is 2.23. The lowest BCUT2D eigenvalue weighted by Crippen LogP contribution is -2.28. The van der Waals surface area contributed by atoms with Crippen LogP contribution in [0.15, 0.2) is 0 Å². The van der Waals surface area contributed by atoms with Crippen LogP contribution in [0.2, 0.25) is 0 Å². The van der Waals surface area contributed by atoms with E-state index in [0.717, 1.165) is 38.6 Å². The van der Waals surface area contributed by atoms with Gasteiger partial charge < -0.3 is 10.4 Å². The third-order valence-corrected chi connectivity index (χ3v) is 2.24. The van der Waals surface area contributed by atoms with Gasteiger partial charge in [0.1, 0.15) is 0 Å². The lowest BCUT2D eigenvalue weighted by molar-refractivity contribution is -0.109. The molecule has 2 atom stereocenters. The third-order valence-electron chi connectivity index (χ3n) is 2.24. The fraction of sp³-hybridized carbons (Fsp3) is 0.875. The second-order valence-corrected chi connectivity index (χ2v) is 3.21. The quantitative estimate of drug-likeness (QED) is 0.578. The van der Waals surface area contributed by atoms with Crippen LogP contribution < -0.4 is 5.32 Å². The van der Waals surface area contributed by atoms with E-state index in [9.17, 15) is 9.90 Å². The molecule has 1 rings (SSSR count). The van der Waals surface area contributed by atoms with Gasteiger partial charge in [0.2, 0.25) is 6.41 Å². The largest absolute Gasteiger partial charge is 0.393 e. The molecular formula is C8H15NO2. The SMILES string of the molecule is O=CNCC1CCCC(O)C1. The van der Waals surface area contributed by atoms with Crippen LogP contribution >= 0.6 is 0 Å². The van der Waals surface area contributed by atoms with Crippen molar-refractivity contribution in [1.29, 1.82) is 0 Å². The minimum absolute atomic E-state index is 0.137. The first-order valence-electron chi connectivity index (χ1n) is 4.18. The van der Waals surface area contributed by atoms with Gasteiger partial charge in [-0.2, -0.15) is 0 Å². The summed E-state index contributed by atoms with van der Waals surface area (Å²) in [5.74, 6) is 0.490. The van der Waals surface area contributed by atoms with Crippen molar-refractivity contribution < 1.29 is 9.90 Å². The Kier molecular flexibility index (Phi) is 3.36. The van der Waals surface area contributed by atoms with Crippen LogP contribution in [0.25, 0.3) is 0 Å². The molecule has 2 unspecified atom stereocenters. The van der Waals surface area contributed by atoms with Crippen molar-refractivity contribution in [3.63, 3.8) is 0 Å². The van der Waals surface area contributed by atoms with Crippen molar-refractivity contribution in [2.24, 2.45) is 5.92 Å². The number of hydrogen-bond donors (Lipinski definition) is 2. The molecule has 64 valence electrons. The molecule has 0 aromatic carbocycles. The molecule has 0 heterocycles. The maximum atomic E-state index is 9.96. The van der Waals surface area contributed by atoms with Crippen LogP contribution in [0.1, 0.15) is 25.7 Å². The molecule has 0 saturated heterocycles. The van der Waals surface area contributed by atoms with E-state index in [2.05, 4.69) is 5.32 Å². The maximum Gasteiger partial charge on any atom is 0.207 e. The highest BCUT2D eigenvalue weighted by Gasteiger charge is 2.19. The molecule has 0 aromatic rings. The minimum atomic E-state index is -0.137. The average Bonchev–Trinajstić information content (AvgIpc) is 2.01. The molecule has 0 aromatic heterocycles. The van der Waals surface area contributed by atoms with Crippen molar-refractivity contribution in [3.05, 3.63) is 0 Å². The van der Waals surface area contributed by atoms with Gasteiger partial charge in [-0.3, -0.25) is 4.79 Å². The van der Waals surface area contributed by atoms with Gasteiger partial charge in [-0.25, -0.2) is 0 Å². The molecule has 1 aliphatic carbocycles.